The summed E-state index contributed by atoms with van der Waals surface area (Å²) in [5, 5.41) is 4.35. The predicted molar refractivity (Wildman–Crippen MR) is 127 cm³/mol. The van der Waals surface area contributed by atoms with Gasteiger partial charge in [0, 0.05) is 37.9 Å². The molecule has 0 radical (unpaired) electrons. The molecule has 164 valence electrons. The van der Waals surface area contributed by atoms with Crippen molar-refractivity contribution in [2.45, 2.75) is 6.54 Å². The van der Waals surface area contributed by atoms with Crippen LogP contribution < -0.4 is 10.1 Å². The molecule has 1 saturated heterocycles. The molecule has 5 rings (SSSR count). The maximum absolute atomic E-state index is 5.97. The number of aromatic nitrogens is 3. The van der Waals surface area contributed by atoms with Crippen LogP contribution in [0, 0.1) is 0 Å². The van der Waals surface area contributed by atoms with Gasteiger partial charge in [0.15, 0.2) is 5.13 Å². The van der Waals surface area contributed by atoms with Crippen molar-refractivity contribution >= 4 is 26.7 Å². The average molecular weight is 448 g/mol. The van der Waals surface area contributed by atoms with Gasteiger partial charge < -0.3 is 14.8 Å². The molecule has 1 aliphatic heterocycles. The van der Waals surface area contributed by atoms with Gasteiger partial charge >= 0.3 is 0 Å². The molecule has 1 N–H and O–H groups in total. The molecule has 0 unspecified atom stereocenters. The summed E-state index contributed by atoms with van der Waals surface area (Å²) in [4.78, 5) is 15.4. The second-order valence-electron chi connectivity index (χ2n) is 7.60. The molecule has 3 heterocycles. The lowest BCUT2D eigenvalue weighted by Gasteiger charge is -2.26. The Balaban J connectivity index is 1.18. The highest BCUT2D eigenvalue weighted by Gasteiger charge is 2.10. The molecule has 7 nitrogen and oxygen atoms in total. The molecule has 2 aromatic heterocycles. The van der Waals surface area contributed by atoms with E-state index in [2.05, 4.69) is 38.4 Å². The second-order valence-corrected chi connectivity index (χ2v) is 8.63. The van der Waals surface area contributed by atoms with Crippen LogP contribution >= 0.6 is 11.3 Å². The Hall–Kier alpha value is -3.07. The Morgan fingerprint density at radius 2 is 2.03 bits per heavy atom. The maximum Gasteiger partial charge on any atom is 0.184 e. The molecule has 8 heteroatoms. The van der Waals surface area contributed by atoms with Crippen molar-refractivity contribution in [1.29, 1.82) is 0 Å². The number of anilines is 1. The molecule has 0 atom stereocenters. The SMILES string of the molecule is c1cc(CNc2nc3ccc(-c4ccncn4)cc3s2)cc(OCCN2CCOCC2)c1. The molecule has 1 aliphatic rings. The highest BCUT2D eigenvalue weighted by Crippen LogP contribution is 2.30. The number of hydrogen-bond acceptors (Lipinski definition) is 8. The molecule has 0 bridgehead atoms. The van der Waals surface area contributed by atoms with Crippen LogP contribution in [0.4, 0.5) is 5.13 Å². The Labute approximate surface area is 191 Å². The molecule has 4 aromatic rings. The lowest BCUT2D eigenvalue weighted by atomic mass is 10.1. The summed E-state index contributed by atoms with van der Waals surface area (Å²) in [6.45, 7) is 5.90. The second kappa shape index (κ2) is 10.0. The highest BCUT2D eigenvalue weighted by atomic mass is 32.1. The summed E-state index contributed by atoms with van der Waals surface area (Å²) in [5.74, 6) is 0.899. The third-order valence-electron chi connectivity index (χ3n) is 5.39. The van der Waals surface area contributed by atoms with Gasteiger partial charge in [0.1, 0.15) is 18.7 Å². The van der Waals surface area contributed by atoms with Gasteiger partial charge in [0.2, 0.25) is 0 Å². The summed E-state index contributed by atoms with van der Waals surface area (Å²) in [6, 6.07) is 16.4. The summed E-state index contributed by atoms with van der Waals surface area (Å²) < 4.78 is 12.5. The van der Waals surface area contributed by atoms with Crippen LogP contribution in [0.3, 0.4) is 0 Å². The van der Waals surface area contributed by atoms with Crippen molar-refractivity contribution < 1.29 is 9.47 Å². The van der Waals surface area contributed by atoms with Crippen molar-refractivity contribution in [2.24, 2.45) is 0 Å². The topological polar surface area (TPSA) is 72.4 Å². The number of fused-ring (bicyclic) bond motifs is 1. The third-order valence-corrected chi connectivity index (χ3v) is 6.36. The zero-order chi connectivity index (χ0) is 21.6. The number of benzene rings is 2. The largest absolute Gasteiger partial charge is 0.492 e. The number of ether oxygens (including phenoxy) is 2. The van der Waals surface area contributed by atoms with Crippen LogP contribution in [-0.4, -0.2) is 59.3 Å². The van der Waals surface area contributed by atoms with E-state index in [0.29, 0.717) is 13.2 Å². The minimum atomic E-state index is 0.684. The molecule has 0 spiro atoms. The van der Waals surface area contributed by atoms with Gasteiger partial charge in [0.05, 0.1) is 29.1 Å². The molecule has 0 aliphatic carbocycles. The first-order chi connectivity index (χ1) is 15.8. The normalized spacial score (nSPS) is 14.5. The molecular formula is C24H25N5O2S. The average Bonchev–Trinajstić information content (AvgIpc) is 3.27. The van der Waals surface area contributed by atoms with Crippen LogP contribution in [0.25, 0.3) is 21.5 Å². The molecule has 32 heavy (non-hydrogen) atoms. The Kier molecular flexibility index (Phi) is 6.53. The smallest absolute Gasteiger partial charge is 0.184 e. The van der Waals surface area contributed by atoms with Gasteiger partial charge in [-0.1, -0.05) is 29.5 Å². The van der Waals surface area contributed by atoms with E-state index in [9.17, 15) is 0 Å². The van der Waals surface area contributed by atoms with E-state index >= 15 is 0 Å². The Bertz CT molecular complexity index is 1160. The van der Waals surface area contributed by atoms with E-state index in [1.54, 1.807) is 23.9 Å². The summed E-state index contributed by atoms with van der Waals surface area (Å²) >= 11 is 1.65. The van der Waals surface area contributed by atoms with E-state index in [4.69, 9.17) is 14.5 Å². The highest BCUT2D eigenvalue weighted by molar-refractivity contribution is 7.22. The lowest BCUT2D eigenvalue weighted by molar-refractivity contribution is 0.0322. The first kappa shape index (κ1) is 20.8. The molecule has 1 fully saturated rings. The monoisotopic (exact) mass is 447 g/mol. The van der Waals surface area contributed by atoms with Crippen LogP contribution in [0.2, 0.25) is 0 Å². The minimum Gasteiger partial charge on any atom is -0.492 e. The predicted octanol–water partition coefficient (Wildman–Crippen LogP) is 4.08. The van der Waals surface area contributed by atoms with E-state index in [0.717, 1.165) is 70.8 Å². The van der Waals surface area contributed by atoms with Gasteiger partial charge in [-0.05, 0) is 35.9 Å². The van der Waals surface area contributed by atoms with Crippen LogP contribution in [-0.2, 0) is 11.3 Å². The van der Waals surface area contributed by atoms with E-state index in [-0.39, 0.29) is 0 Å². The van der Waals surface area contributed by atoms with Crippen molar-refractivity contribution in [3.8, 4) is 17.0 Å². The molecule has 0 saturated carbocycles. The molecule has 2 aromatic carbocycles. The molecular weight excluding hydrogens is 422 g/mol. The Morgan fingerprint density at radius 1 is 1.09 bits per heavy atom. The van der Waals surface area contributed by atoms with Gasteiger partial charge in [0.25, 0.3) is 0 Å². The van der Waals surface area contributed by atoms with E-state index in [1.807, 2.05) is 30.3 Å². The van der Waals surface area contributed by atoms with Crippen LogP contribution in [0.5, 0.6) is 5.75 Å². The van der Waals surface area contributed by atoms with Crippen LogP contribution in [0.1, 0.15) is 5.56 Å². The summed E-state index contributed by atoms with van der Waals surface area (Å²) in [6.07, 6.45) is 3.33. The van der Waals surface area contributed by atoms with Gasteiger partial charge in [-0.3, -0.25) is 4.90 Å². The molecule has 0 amide bonds. The number of hydrogen-bond donors (Lipinski definition) is 1. The van der Waals surface area contributed by atoms with Gasteiger partial charge in [-0.25, -0.2) is 15.0 Å². The number of nitrogens with one attached hydrogen (secondary N) is 1. The number of rotatable bonds is 8. The first-order valence-corrected chi connectivity index (χ1v) is 11.6. The lowest BCUT2D eigenvalue weighted by Crippen LogP contribution is -2.38. The van der Waals surface area contributed by atoms with Crippen molar-refractivity contribution in [1.82, 2.24) is 19.9 Å². The van der Waals surface area contributed by atoms with Crippen molar-refractivity contribution in [3.63, 3.8) is 0 Å². The van der Waals surface area contributed by atoms with E-state index < -0.39 is 0 Å². The number of thiazole rings is 1. The summed E-state index contributed by atoms with van der Waals surface area (Å²) in [5.41, 5.74) is 4.12. The van der Waals surface area contributed by atoms with Crippen LogP contribution in [0.15, 0.2) is 61.1 Å². The summed E-state index contributed by atoms with van der Waals surface area (Å²) in [7, 11) is 0. The van der Waals surface area contributed by atoms with Gasteiger partial charge in [-0.15, -0.1) is 0 Å². The fourth-order valence-electron chi connectivity index (χ4n) is 3.66. The van der Waals surface area contributed by atoms with Gasteiger partial charge in [-0.2, -0.15) is 0 Å². The zero-order valence-corrected chi connectivity index (χ0v) is 18.6. The Morgan fingerprint density at radius 3 is 2.91 bits per heavy atom. The van der Waals surface area contributed by atoms with Crippen molar-refractivity contribution in [3.05, 3.63) is 66.6 Å². The first-order valence-electron chi connectivity index (χ1n) is 10.8. The number of nitrogens with zero attached hydrogens (tertiary/aromatic N) is 4. The fourth-order valence-corrected chi connectivity index (χ4v) is 4.56. The quantitative estimate of drug-likeness (QED) is 0.436. The number of morpholine rings is 1. The zero-order valence-electron chi connectivity index (χ0n) is 17.7. The van der Waals surface area contributed by atoms with Crippen molar-refractivity contribution in [2.75, 3.05) is 44.8 Å². The third kappa shape index (κ3) is 5.21. The van der Waals surface area contributed by atoms with E-state index in [1.165, 1.54) is 0 Å². The maximum atomic E-state index is 5.97. The fraction of sp³-hybridized carbons (Fsp3) is 0.292. The minimum absolute atomic E-state index is 0.684. The standard InChI is InChI=1S/C24H25N5O2S/c1-2-18(14-20(3-1)31-13-10-29-8-11-30-12-9-29)16-26-24-28-22-5-4-19(15-23(22)32-24)21-6-7-25-17-27-21/h1-7,14-15,17H,8-13,16H2,(H,26,28).